The van der Waals surface area contributed by atoms with E-state index in [2.05, 4.69) is 53.3 Å². The molecule has 3 aliphatic carbocycles. The van der Waals surface area contributed by atoms with Crippen LogP contribution in [0.1, 0.15) is 96.4 Å². The van der Waals surface area contributed by atoms with Gasteiger partial charge in [0.1, 0.15) is 22.8 Å². The lowest BCUT2D eigenvalue weighted by molar-refractivity contribution is -0.158. The number of rotatable bonds is 3. The molecule has 5 rings (SSSR count). The molecule has 0 spiro atoms. The number of phenols is 1. The summed E-state index contributed by atoms with van der Waals surface area (Å²) in [5, 5.41) is 46.4. The van der Waals surface area contributed by atoms with Gasteiger partial charge in [-0.25, -0.2) is 0 Å². The number of phenolic OH excluding ortho intramolecular Hbond substituents is 1. The fourth-order valence-electron chi connectivity index (χ4n) is 7.84. The standard InChI is InChI=1S/C36H42O6/c1-18(2)23-14-24(21-10-12-22(13-11-21)33(5,6)7)30(39)27-19(3)29-32(41)36(42)31(40)28(20(4)37)26(38)16-35(36,9)17-34(29,8)15-25(23)27/h10-14,18,38-39,41-42H,3,15-17H2,1-2,4-9H3/t34-,35+,36+/m1/s1. The number of fused-ring (bicyclic) bond motifs is 3. The average Bonchev–Trinajstić information content (AvgIpc) is 2.85. The summed E-state index contributed by atoms with van der Waals surface area (Å²) in [4.78, 5) is 26.0. The summed E-state index contributed by atoms with van der Waals surface area (Å²) in [6.45, 7) is 19.8. The number of hydrogen-bond donors (Lipinski definition) is 4. The third-order valence-corrected chi connectivity index (χ3v) is 9.89. The number of carbonyl (C=O) groups is 2. The van der Waals surface area contributed by atoms with Crippen molar-refractivity contribution in [2.45, 2.75) is 91.6 Å². The third-order valence-electron chi connectivity index (χ3n) is 9.89. The van der Waals surface area contributed by atoms with E-state index in [-0.39, 0.29) is 35.7 Å². The number of aliphatic hydroxyl groups is 3. The molecule has 0 unspecified atom stereocenters. The van der Waals surface area contributed by atoms with E-state index in [9.17, 15) is 30.0 Å². The van der Waals surface area contributed by atoms with Crippen LogP contribution in [-0.4, -0.2) is 37.6 Å². The van der Waals surface area contributed by atoms with Crippen molar-refractivity contribution in [3.05, 3.63) is 81.8 Å². The number of ketones is 2. The molecule has 6 nitrogen and oxygen atoms in total. The quantitative estimate of drug-likeness (QED) is 0.286. The van der Waals surface area contributed by atoms with Gasteiger partial charge < -0.3 is 20.4 Å². The van der Waals surface area contributed by atoms with E-state index >= 15 is 0 Å². The van der Waals surface area contributed by atoms with Gasteiger partial charge in [-0.05, 0) is 65.0 Å². The van der Waals surface area contributed by atoms with Crippen molar-refractivity contribution in [3.8, 4) is 16.9 Å². The van der Waals surface area contributed by atoms with E-state index in [4.69, 9.17) is 0 Å². The Bertz CT molecular complexity index is 1630. The van der Waals surface area contributed by atoms with Gasteiger partial charge in [-0.1, -0.05) is 79.3 Å². The topological polar surface area (TPSA) is 115 Å². The molecule has 4 N–H and O–H groups in total. The Labute approximate surface area is 248 Å². The molecule has 0 aromatic heterocycles. The summed E-state index contributed by atoms with van der Waals surface area (Å²) in [6.07, 6.45) is 0.529. The fourth-order valence-corrected chi connectivity index (χ4v) is 7.84. The van der Waals surface area contributed by atoms with Crippen LogP contribution in [-0.2, 0) is 21.4 Å². The van der Waals surface area contributed by atoms with Crippen molar-refractivity contribution in [1.82, 2.24) is 0 Å². The van der Waals surface area contributed by atoms with Crippen molar-refractivity contribution in [2.24, 2.45) is 10.8 Å². The zero-order valence-corrected chi connectivity index (χ0v) is 25.9. The van der Waals surface area contributed by atoms with E-state index in [0.29, 0.717) is 28.7 Å². The molecular formula is C36H42O6. The molecule has 222 valence electrons. The molecule has 0 aliphatic heterocycles. The summed E-state index contributed by atoms with van der Waals surface area (Å²) in [6, 6.07) is 10.2. The number of Topliss-reactive ketones (excluding diaryl/α,β-unsaturated/α-hetero) is 2. The smallest absolute Gasteiger partial charge is 0.209 e. The molecule has 3 atom stereocenters. The Morgan fingerprint density at radius 2 is 1.62 bits per heavy atom. The highest BCUT2D eigenvalue weighted by molar-refractivity contribution is 6.24. The highest BCUT2D eigenvalue weighted by Gasteiger charge is 2.67. The summed E-state index contributed by atoms with van der Waals surface area (Å²) >= 11 is 0. The Hall–Kier alpha value is -3.64. The van der Waals surface area contributed by atoms with Gasteiger partial charge >= 0.3 is 0 Å². The lowest BCUT2D eigenvalue weighted by atomic mass is 9.48. The predicted molar refractivity (Wildman–Crippen MR) is 164 cm³/mol. The van der Waals surface area contributed by atoms with Gasteiger partial charge in [-0.3, -0.25) is 9.59 Å². The van der Waals surface area contributed by atoms with Gasteiger partial charge in [0.15, 0.2) is 11.4 Å². The van der Waals surface area contributed by atoms with Gasteiger partial charge in [-0.15, -0.1) is 0 Å². The Balaban J connectivity index is 1.76. The van der Waals surface area contributed by atoms with E-state index in [1.54, 1.807) is 6.92 Å². The van der Waals surface area contributed by atoms with Gasteiger partial charge in [0.25, 0.3) is 0 Å². The minimum absolute atomic E-state index is 0.0250. The molecule has 0 bridgehead atoms. The SMILES string of the molecule is C=C1C2=C(O)[C@@]3(O)C(=O)C(C(C)=O)=C(O)C[C@@]3(C)C[C@@]2(C)Cc2c(C(C)C)cc(-c3ccc(C(C)(C)C)cc3)c(O)c21. The molecule has 0 heterocycles. The van der Waals surface area contributed by atoms with E-state index < -0.39 is 39.3 Å². The van der Waals surface area contributed by atoms with E-state index in [1.165, 1.54) is 5.56 Å². The zero-order valence-electron chi connectivity index (χ0n) is 25.9. The number of aromatic hydroxyl groups is 1. The first-order valence-electron chi connectivity index (χ1n) is 14.6. The minimum atomic E-state index is -2.42. The molecule has 3 aliphatic rings. The number of allylic oxidation sites excluding steroid dienone is 3. The molecule has 42 heavy (non-hydrogen) atoms. The van der Waals surface area contributed by atoms with Crippen molar-refractivity contribution in [2.75, 3.05) is 0 Å². The van der Waals surface area contributed by atoms with Crippen LogP contribution in [0, 0.1) is 10.8 Å². The van der Waals surface area contributed by atoms with Crippen LogP contribution in [0.25, 0.3) is 16.7 Å². The summed E-state index contributed by atoms with van der Waals surface area (Å²) in [5.74, 6) is -2.46. The Kier molecular flexibility index (Phi) is 6.52. The second kappa shape index (κ2) is 9.18. The molecule has 2 aromatic rings. The highest BCUT2D eigenvalue weighted by atomic mass is 16.3. The number of benzene rings is 2. The number of aliphatic hydroxyl groups excluding tert-OH is 2. The molecule has 6 heteroatoms. The van der Waals surface area contributed by atoms with Crippen LogP contribution >= 0.6 is 0 Å². The third kappa shape index (κ3) is 3.94. The second-order valence-electron chi connectivity index (χ2n) is 14.5. The van der Waals surface area contributed by atoms with Crippen LogP contribution in [0.4, 0.5) is 0 Å². The van der Waals surface area contributed by atoms with Crippen LogP contribution in [0.15, 0.2) is 59.6 Å². The lowest BCUT2D eigenvalue weighted by Gasteiger charge is -2.57. The summed E-state index contributed by atoms with van der Waals surface area (Å²) in [5.41, 5.74) is 0.780. The maximum absolute atomic E-state index is 13.7. The first kappa shape index (κ1) is 29.8. The van der Waals surface area contributed by atoms with Gasteiger partial charge in [0.2, 0.25) is 5.78 Å². The molecule has 0 amide bonds. The highest BCUT2D eigenvalue weighted by Crippen LogP contribution is 2.65. The molecule has 2 aromatic carbocycles. The van der Waals surface area contributed by atoms with Crippen LogP contribution in [0.5, 0.6) is 5.75 Å². The lowest BCUT2D eigenvalue weighted by Crippen LogP contribution is -2.63. The van der Waals surface area contributed by atoms with Crippen molar-refractivity contribution >= 4 is 17.1 Å². The predicted octanol–water partition coefficient (Wildman–Crippen LogP) is 7.38. The summed E-state index contributed by atoms with van der Waals surface area (Å²) < 4.78 is 0. The molecular weight excluding hydrogens is 528 g/mol. The van der Waals surface area contributed by atoms with Gasteiger partial charge in [0, 0.05) is 34.0 Å². The summed E-state index contributed by atoms with van der Waals surface area (Å²) in [7, 11) is 0. The van der Waals surface area contributed by atoms with E-state index in [0.717, 1.165) is 23.6 Å². The minimum Gasteiger partial charge on any atom is -0.511 e. The normalized spacial score (nSPS) is 27.7. The largest absolute Gasteiger partial charge is 0.511 e. The first-order valence-corrected chi connectivity index (χ1v) is 14.6. The Morgan fingerprint density at radius 1 is 1.02 bits per heavy atom. The van der Waals surface area contributed by atoms with E-state index in [1.807, 2.05) is 25.1 Å². The maximum Gasteiger partial charge on any atom is 0.209 e. The Morgan fingerprint density at radius 3 is 2.14 bits per heavy atom. The van der Waals surface area contributed by atoms with Crippen molar-refractivity contribution < 1.29 is 30.0 Å². The van der Waals surface area contributed by atoms with Crippen molar-refractivity contribution in [1.29, 1.82) is 0 Å². The zero-order chi connectivity index (χ0) is 31.3. The molecule has 0 saturated heterocycles. The second-order valence-corrected chi connectivity index (χ2v) is 14.5. The van der Waals surface area contributed by atoms with Gasteiger partial charge in [-0.2, -0.15) is 0 Å². The van der Waals surface area contributed by atoms with Crippen LogP contribution < -0.4 is 0 Å². The molecule has 0 fully saturated rings. The number of carbonyl (C=O) groups excluding carboxylic acids is 2. The monoisotopic (exact) mass is 570 g/mol. The van der Waals surface area contributed by atoms with Crippen LogP contribution in [0.2, 0.25) is 0 Å². The average molecular weight is 571 g/mol. The fraction of sp³-hybridized carbons (Fsp3) is 0.444. The first-order chi connectivity index (χ1) is 19.3. The van der Waals surface area contributed by atoms with Crippen molar-refractivity contribution in [3.63, 3.8) is 0 Å². The maximum atomic E-state index is 13.7. The number of hydrogen-bond acceptors (Lipinski definition) is 6. The molecule has 0 saturated carbocycles. The van der Waals surface area contributed by atoms with Crippen LogP contribution in [0.3, 0.4) is 0 Å². The molecule has 0 radical (unpaired) electrons. The van der Waals surface area contributed by atoms with Gasteiger partial charge in [0.05, 0.1) is 0 Å².